The number of nitrogens with zero attached hydrogens (tertiary/aromatic N) is 2. The van der Waals surface area contributed by atoms with Crippen molar-refractivity contribution in [1.29, 1.82) is 0 Å². The number of amides is 1. The highest BCUT2D eigenvalue weighted by Gasteiger charge is 2.32. The number of rotatable bonds is 6. The Morgan fingerprint density at radius 2 is 2.00 bits per heavy atom. The molecule has 5 nitrogen and oxygen atoms in total. The summed E-state index contributed by atoms with van der Waals surface area (Å²) in [4.78, 5) is 27.8. The number of alkyl halides is 3. The van der Waals surface area contributed by atoms with E-state index in [0.29, 0.717) is 0 Å². The number of hydrogen-bond donors (Lipinski definition) is 1. The molecule has 1 saturated carbocycles. The van der Waals surface area contributed by atoms with Gasteiger partial charge in [0.05, 0.1) is 12.0 Å². The van der Waals surface area contributed by atoms with Gasteiger partial charge in [0.2, 0.25) is 0 Å². The predicted molar refractivity (Wildman–Crippen MR) is 70.5 cm³/mol. The van der Waals surface area contributed by atoms with Gasteiger partial charge in [0.25, 0.3) is 5.91 Å². The number of carboxylic acid groups (broad SMARTS) is 1. The summed E-state index contributed by atoms with van der Waals surface area (Å²) in [6.45, 7) is -0.116. The Kier molecular flexibility index (Phi) is 4.68. The van der Waals surface area contributed by atoms with E-state index >= 15 is 0 Å². The predicted octanol–water partition coefficient (Wildman–Crippen LogP) is 2.58. The number of carboxylic acids is 1. The Morgan fingerprint density at radius 1 is 1.32 bits per heavy atom. The Bertz CT molecular complexity index is 553. The van der Waals surface area contributed by atoms with Gasteiger partial charge in [-0.05, 0) is 30.9 Å². The van der Waals surface area contributed by atoms with Gasteiger partial charge in [-0.2, -0.15) is 13.2 Å². The molecule has 0 atom stereocenters. The number of pyridine rings is 1. The molecule has 120 valence electrons. The van der Waals surface area contributed by atoms with E-state index in [1.165, 1.54) is 11.0 Å². The van der Waals surface area contributed by atoms with Crippen LogP contribution in [0.15, 0.2) is 18.3 Å². The zero-order valence-corrected chi connectivity index (χ0v) is 11.6. The normalized spacial score (nSPS) is 14.7. The molecule has 0 aromatic carbocycles. The minimum Gasteiger partial charge on any atom is -0.477 e. The lowest BCUT2D eigenvalue weighted by atomic mass is 10.2. The number of carbonyl (C=O) groups excluding carboxylic acids is 1. The molecule has 0 spiro atoms. The van der Waals surface area contributed by atoms with Gasteiger partial charge >= 0.3 is 12.1 Å². The molecule has 0 aliphatic heterocycles. The quantitative estimate of drug-likeness (QED) is 0.875. The van der Waals surface area contributed by atoms with E-state index in [4.69, 9.17) is 5.11 Å². The van der Waals surface area contributed by atoms with Crippen LogP contribution in [0.25, 0.3) is 0 Å². The lowest BCUT2D eigenvalue weighted by molar-refractivity contribution is -0.136. The van der Waals surface area contributed by atoms with E-state index in [0.717, 1.165) is 25.1 Å². The van der Waals surface area contributed by atoms with Gasteiger partial charge in [0.1, 0.15) is 5.69 Å². The third-order valence-corrected chi connectivity index (χ3v) is 3.36. The third-order valence-electron chi connectivity index (χ3n) is 3.36. The van der Waals surface area contributed by atoms with Crippen LogP contribution in [-0.4, -0.2) is 46.1 Å². The maximum absolute atomic E-state index is 12.4. The molecular weight excluding hydrogens is 301 g/mol. The summed E-state index contributed by atoms with van der Waals surface area (Å²) in [5, 5.41) is 8.74. The molecule has 0 bridgehead atoms. The topological polar surface area (TPSA) is 70.5 Å². The van der Waals surface area contributed by atoms with Gasteiger partial charge < -0.3 is 10.0 Å². The van der Waals surface area contributed by atoms with E-state index in [1.807, 2.05) is 0 Å². The number of aromatic carboxylic acids is 1. The summed E-state index contributed by atoms with van der Waals surface area (Å²) >= 11 is 0. The Morgan fingerprint density at radius 3 is 2.45 bits per heavy atom. The summed E-state index contributed by atoms with van der Waals surface area (Å²) in [5.41, 5.74) is -0.131. The first-order valence-electron chi connectivity index (χ1n) is 6.81. The second-order valence-electron chi connectivity index (χ2n) is 5.30. The molecule has 1 N–H and O–H groups in total. The molecule has 1 fully saturated rings. The molecule has 2 rings (SSSR count). The van der Waals surface area contributed by atoms with E-state index in [1.54, 1.807) is 0 Å². The Hall–Kier alpha value is -2.12. The molecule has 22 heavy (non-hydrogen) atoms. The molecular formula is C14H15F3N2O3. The van der Waals surface area contributed by atoms with Gasteiger partial charge in [-0.3, -0.25) is 4.79 Å². The molecule has 8 heteroatoms. The van der Waals surface area contributed by atoms with Crippen molar-refractivity contribution in [2.24, 2.45) is 5.92 Å². The minimum absolute atomic E-state index is 0.0906. The van der Waals surface area contributed by atoms with Gasteiger partial charge in [-0.15, -0.1) is 0 Å². The van der Waals surface area contributed by atoms with E-state index in [-0.39, 0.29) is 23.7 Å². The highest BCUT2D eigenvalue weighted by Crippen LogP contribution is 2.31. The first-order chi connectivity index (χ1) is 10.3. The van der Waals surface area contributed by atoms with Crippen molar-refractivity contribution in [3.05, 3.63) is 29.6 Å². The van der Waals surface area contributed by atoms with Crippen molar-refractivity contribution in [3.8, 4) is 0 Å². The average molecular weight is 316 g/mol. The number of hydrogen-bond acceptors (Lipinski definition) is 3. The van der Waals surface area contributed by atoms with Gasteiger partial charge in [-0.1, -0.05) is 0 Å². The Labute approximate surface area is 124 Å². The van der Waals surface area contributed by atoms with Crippen molar-refractivity contribution in [1.82, 2.24) is 9.88 Å². The molecule has 1 aliphatic rings. The smallest absolute Gasteiger partial charge is 0.390 e. The van der Waals surface area contributed by atoms with E-state index in [2.05, 4.69) is 4.98 Å². The van der Waals surface area contributed by atoms with E-state index in [9.17, 15) is 22.8 Å². The van der Waals surface area contributed by atoms with Crippen molar-refractivity contribution in [2.75, 3.05) is 13.1 Å². The lowest BCUT2D eigenvalue weighted by Gasteiger charge is -2.23. The fraction of sp³-hybridized carbons (Fsp3) is 0.500. The highest BCUT2D eigenvalue weighted by atomic mass is 19.4. The van der Waals surface area contributed by atoms with Crippen LogP contribution in [0.2, 0.25) is 0 Å². The first-order valence-corrected chi connectivity index (χ1v) is 6.81. The molecule has 1 heterocycles. The largest absolute Gasteiger partial charge is 0.477 e. The van der Waals surface area contributed by atoms with Crippen molar-refractivity contribution in [2.45, 2.75) is 25.4 Å². The van der Waals surface area contributed by atoms with Crippen LogP contribution in [0.3, 0.4) is 0 Å². The standard InChI is InChI=1S/C14H15F3N2O3/c15-14(16,17)5-6-19(8-9-1-2-9)12(20)10-3-4-11(13(21)22)18-7-10/h3-4,7,9H,1-2,5-6,8H2,(H,21,22). The Balaban J connectivity index is 2.07. The highest BCUT2D eigenvalue weighted by molar-refractivity contribution is 5.94. The minimum atomic E-state index is -4.33. The van der Waals surface area contributed by atoms with Crippen LogP contribution < -0.4 is 0 Å². The number of carbonyl (C=O) groups is 2. The summed E-state index contributed by atoms with van der Waals surface area (Å²) in [6, 6.07) is 2.43. The van der Waals surface area contributed by atoms with Gasteiger partial charge in [0, 0.05) is 19.3 Å². The zero-order chi connectivity index (χ0) is 16.3. The van der Waals surface area contributed by atoms with Gasteiger partial charge in [0.15, 0.2) is 0 Å². The third kappa shape index (κ3) is 4.71. The second-order valence-corrected chi connectivity index (χ2v) is 5.30. The molecule has 1 amide bonds. The first kappa shape index (κ1) is 16.3. The van der Waals surface area contributed by atoms with Crippen LogP contribution >= 0.6 is 0 Å². The van der Waals surface area contributed by atoms with E-state index < -0.39 is 31.0 Å². The second kappa shape index (κ2) is 6.33. The number of aromatic nitrogens is 1. The van der Waals surface area contributed by atoms with Gasteiger partial charge in [-0.25, -0.2) is 9.78 Å². The van der Waals surface area contributed by atoms with Crippen LogP contribution in [0, 0.1) is 5.92 Å². The van der Waals surface area contributed by atoms with Crippen molar-refractivity contribution in [3.63, 3.8) is 0 Å². The number of halogens is 3. The molecule has 1 aliphatic carbocycles. The lowest BCUT2D eigenvalue weighted by Crippen LogP contribution is -2.36. The summed E-state index contributed by atoms with van der Waals surface area (Å²) < 4.78 is 37.1. The van der Waals surface area contributed by atoms with Crippen LogP contribution in [0.5, 0.6) is 0 Å². The van der Waals surface area contributed by atoms with Crippen LogP contribution in [0.4, 0.5) is 13.2 Å². The fourth-order valence-corrected chi connectivity index (χ4v) is 1.98. The maximum atomic E-state index is 12.4. The molecule has 1 aromatic rings. The monoisotopic (exact) mass is 316 g/mol. The summed E-state index contributed by atoms with van der Waals surface area (Å²) in [5.74, 6) is -1.53. The zero-order valence-electron chi connectivity index (χ0n) is 11.6. The summed E-state index contributed by atoms with van der Waals surface area (Å²) in [6.07, 6.45) is -2.49. The fourth-order valence-electron chi connectivity index (χ4n) is 1.98. The summed E-state index contributed by atoms with van der Waals surface area (Å²) in [7, 11) is 0. The van der Waals surface area contributed by atoms with Crippen LogP contribution in [-0.2, 0) is 0 Å². The maximum Gasteiger partial charge on any atom is 0.390 e. The average Bonchev–Trinajstić information content (AvgIpc) is 3.26. The van der Waals surface area contributed by atoms with Crippen molar-refractivity contribution < 1.29 is 27.9 Å². The molecule has 0 unspecified atom stereocenters. The molecule has 0 radical (unpaired) electrons. The SMILES string of the molecule is O=C(O)c1ccc(C(=O)N(CCC(F)(F)F)CC2CC2)cn1. The molecule has 1 aromatic heterocycles. The van der Waals surface area contributed by atoms with Crippen molar-refractivity contribution >= 4 is 11.9 Å². The molecule has 0 saturated heterocycles. The van der Waals surface area contributed by atoms with Crippen LogP contribution in [0.1, 0.15) is 40.1 Å².